The summed E-state index contributed by atoms with van der Waals surface area (Å²) in [5.41, 5.74) is 4.90. The lowest BCUT2D eigenvalue weighted by atomic mass is 10.00. The predicted octanol–water partition coefficient (Wildman–Crippen LogP) is 5.76. The van der Waals surface area contributed by atoms with Crippen molar-refractivity contribution in [3.63, 3.8) is 0 Å². The number of methoxy groups -OCH3 is 2. The first-order valence-electron chi connectivity index (χ1n) is 9.91. The van der Waals surface area contributed by atoms with Gasteiger partial charge in [-0.25, -0.2) is 9.78 Å². The van der Waals surface area contributed by atoms with Crippen LogP contribution in [0.15, 0.2) is 66.7 Å². The molecule has 0 radical (unpaired) electrons. The topological polar surface area (TPSA) is 57.7 Å². The van der Waals surface area contributed by atoms with Crippen molar-refractivity contribution in [2.45, 2.75) is 13.8 Å². The molecule has 4 rings (SSSR count). The molecule has 0 fully saturated rings. The zero-order valence-electron chi connectivity index (χ0n) is 17.9. The van der Waals surface area contributed by atoms with E-state index in [1.807, 2.05) is 44.2 Å². The van der Waals surface area contributed by atoms with Crippen molar-refractivity contribution in [1.29, 1.82) is 0 Å². The van der Waals surface area contributed by atoms with Crippen LogP contribution < -0.4 is 14.2 Å². The second-order valence-electron chi connectivity index (χ2n) is 7.33. The van der Waals surface area contributed by atoms with Crippen molar-refractivity contribution in [3.05, 3.63) is 83.4 Å². The highest BCUT2D eigenvalue weighted by Crippen LogP contribution is 2.30. The van der Waals surface area contributed by atoms with Crippen molar-refractivity contribution < 1.29 is 19.0 Å². The number of carbonyl (C=O) groups excluding carboxylic acids is 1. The van der Waals surface area contributed by atoms with Crippen LogP contribution in [0.2, 0.25) is 0 Å². The third-order valence-electron chi connectivity index (χ3n) is 5.12. The molecular weight excluding hydrogens is 390 g/mol. The molecule has 0 spiro atoms. The molecule has 1 heterocycles. The summed E-state index contributed by atoms with van der Waals surface area (Å²) < 4.78 is 16.1. The highest BCUT2D eigenvalue weighted by molar-refractivity contribution is 6.06. The summed E-state index contributed by atoms with van der Waals surface area (Å²) in [5.74, 6) is 1.47. The molecule has 31 heavy (non-hydrogen) atoms. The van der Waals surface area contributed by atoms with Crippen molar-refractivity contribution in [3.8, 4) is 28.5 Å². The van der Waals surface area contributed by atoms with E-state index in [9.17, 15) is 4.79 Å². The fourth-order valence-corrected chi connectivity index (χ4v) is 3.57. The standard InChI is InChI=1S/C26H23NO4/c1-16-13-17(2)25-22(14-16)23(26(28)31-21-11-9-20(30-4)10-12-21)15-24(27-25)18-5-7-19(29-3)8-6-18/h5-15H,1-4H3. The number of nitrogens with zero attached hydrogens (tertiary/aromatic N) is 1. The van der Waals surface area contributed by atoms with E-state index in [1.165, 1.54) is 0 Å². The van der Waals surface area contributed by atoms with Gasteiger partial charge < -0.3 is 14.2 Å². The van der Waals surface area contributed by atoms with Crippen molar-refractivity contribution >= 4 is 16.9 Å². The fraction of sp³-hybridized carbons (Fsp3) is 0.154. The van der Waals surface area contributed by atoms with E-state index in [-0.39, 0.29) is 0 Å². The molecule has 5 nitrogen and oxygen atoms in total. The zero-order valence-corrected chi connectivity index (χ0v) is 17.9. The van der Waals surface area contributed by atoms with Crippen LogP contribution in [0.3, 0.4) is 0 Å². The number of aryl methyl sites for hydroxylation is 2. The third-order valence-corrected chi connectivity index (χ3v) is 5.12. The summed E-state index contributed by atoms with van der Waals surface area (Å²) in [4.78, 5) is 18.0. The number of hydrogen-bond acceptors (Lipinski definition) is 5. The van der Waals surface area contributed by atoms with Crippen LogP contribution in [0.4, 0.5) is 0 Å². The van der Waals surface area contributed by atoms with E-state index in [4.69, 9.17) is 19.2 Å². The van der Waals surface area contributed by atoms with Crippen molar-refractivity contribution in [2.24, 2.45) is 0 Å². The second-order valence-corrected chi connectivity index (χ2v) is 7.33. The molecule has 0 saturated heterocycles. The molecule has 0 atom stereocenters. The van der Waals surface area contributed by atoms with Gasteiger partial charge >= 0.3 is 5.97 Å². The number of rotatable bonds is 5. The first kappa shape index (κ1) is 20.4. The minimum Gasteiger partial charge on any atom is -0.497 e. The maximum Gasteiger partial charge on any atom is 0.344 e. The summed E-state index contributed by atoms with van der Waals surface area (Å²) in [7, 11) is 3.22. The number of carbonyl (C=O) groups is 1. The van der Waals surface area contributed by atoms with E-state index >= 15 is 0 Å². The summed E-state index contributed by atoms with van der Waals surface area (Å²) in [6.07, 6.45) is 0. The number of fused-ring (bicyclic) bond motifs is 1. The van der Waals surface area contributed by atoms with Crippen molar-refractivity contribution in [1.82, 2.24) is 4.98 Å². The Kier molecular flexibility index (Phi) is 5.58. The number of ether oxygens (including phenoxy) is 3. The molecule has 0 aliphatic rings. The van der Waals surface area contributed by atoms with E-state index in [0.717, 1.165) is 33.3 Å². The lowest BCUT2D eigenvalue weighted by Gasteiger charge is -2.13. The minimum absolute atomic E-state index is 0.433. The number of hydrogen-bond donors (Lipinski definition) is 0. The molecule has 0 saturated carbocycles. The smallest absolute Gasteiger partial charge is 0.344 e. The highest BCUT2D eigenvalue weighted by atomic mass is 16.5. The van der Waals surface area contributed by atoms with Crippen molar-refractivity contribution in [2.75, 3.05) is 14.2 Å². The number of pyridine rings is 1. The summed E-state index contributed by atoms with van der Waals surface area (Å²) in [6.45, 7) is 4.00. The number of aromatic nitrogens is 1. The lowest BCUT2D eigenvalue weighted by molar-refractivity contribution is 0.0736. The molecule has 156 valence electrons. The molecule has 0 aliphatic carbocycles. The van der Waals surface area contributed by atoms with Gasteiger partial charge in [0.2, 0.25) is 0 Å². The quantitative estimate of drug-likeness (QED) is 0.308. The molecule has 0 unspecified atom stereocenters. The molecule has 0 aliphatic heterocycles. The molecule has 0 amide bonds. The Morgan fingerprint density at radius 2 is 1.35 bits per heavy atom. The van der Waals surface area contributed by atoms with Crippen LogP contribution in [0.1, 0.15) is 21.5 Å². The number of esters is 1. The largest absolute Gasteiger partial charge is 0.497 e. The fourth-order valence-electron chi connectivity index (χ4n) is 3.57. The van der Waals surface area contributed by atoms with Crippen LogP contribution in [0.5, 0.6) is 17.2 Å². The molecule has 3 aromatic carbocycles. The maximum absolute atomic E-state index is 13.2. The molecule has 0 bridgehead atoms. The Morgan fingerprint density at radius 1 is 0.774 bits per heavy atom. The molecule has 5 heteroatoms. The second kappa shape index (κ2) is 8.48. The Labute approximate surface area is 181 Å². The van der Waals surface area contributed by atoms with Gasteiger partial charge in [0.15, 0.2) is 0 Å². The van der Waals surface area contributed by atoms with Crippen LogP contribution in [-0.4, -0.2) is 25.2 Å². The summed E-state index contributed by atoms with van der Waals surface area (Å²) >= 11 is 0. The molecule has 0 N–H and O–H groups in total. The van der Waals surface area contributed by atoms with E-state index in [0.29, 0.717) is 22.8 Å². The Bertz CT molecular complexity index is 1250. The molecule has 1 aromatic heterocycles. The number of benzene rings is 3. The molecular formula is C26H23NO4. The Hall–Kier alpha value is -3.86. The maximum atomic E-state index is 13.2. The third kappa shape index (κ3) is 4.21. The Morgan fingerprint density at radius 3 is 1.97 bits per heavy atom. The first-order valence-corrected chi connectivity index (χ1v) is 9.91. The van der Waals surface area contributed by atoms with E-state index < -0.39 is 5.97 Å². The minimum atomic E-state index is -0.433. The SMILES string of the molecule is COc1ccc(OC(=O)c2cc(-c3ccc(OC)cc3)nc3c(C)cc(C)cc23)cc1. The average Bonchev–Trinajstić information content (AvgIpc) is 2.79. The van der Waals surface area contributed by atoms with Crippen LogP contribution in [0.25, 0.3) is 22.2 Å². The zero-order chi connectivity index (χ0) is 22.0. The average molecular weight is 413 g/mol. The highest BCUT2D eigenvalue weighted by Gasteiger charge is 2.18. The molecule has 4 aromatic rings. The monoisotopic (exact) mass is 413 g/mol. The van der Waals surface area contributed by atoms with Crippen LogP contribution >= 0.6 is 0 Å². The van der Waals surface area contributed by atoms with E-state index in [1.54, 1.807) is 44.6 Å². The lowest BCUT2D eigenvalue weighted by Crippen LogP contribution is -2.10. The van der Waals surface area contributed by atoms with Crippen LogP contribution in [-0.2, 0) is 0 Å². The van der Waals surface area contributed by atoms with Gasteiger partial charge in [0.1, 0.15) is 17.2 Å². The predicted molar refractivity (Wildman–Crippen MR) is 121 cm³/mol. The first-order chi connectivity index (χ1) is 15.0. The van der Waals surface area contributed by atoms with Gasteiger partial charge in [0.25, 0.3) is 0 Å². The van der Waals surface area contributed by atoms with Gasteiger partial charge in [-0.3, -0.25) is 0 Å². The van der Waals surface area contributed by atoms with Gasteiger partial charge in [-0.2, -0.15) is 0 Å². The summed E-state index contributed by atoms with van der Waals surface area (Å²) in [6, 6.07) is 20.3. The summed E-state index contributed by atoms with van der Waals surface area (Å²) in [5, 5.41) is 0.772. The van der Waals surface area contributed by atoms with E-state index in [2.05, 4.69) is 6.07 Å². The van der Waals surface area contributed by atoms with Crippen LogP contribution in [0, 0.1) is 13.8 Å². The van der Waals surface area contributed by atoms with Gasteiger partial charge in [0.05, 0.1) is 31.0 Å². The van der Waals surface area contributed by atoms with Gasteiger partial charge in [-0.05, 0) is 80.1 Å². The normalized spacial score (nSPS) is 10.7. The van der Waals surface area contributed by atoms with Gasteiger partial charge in [-0.1, -0.05) is 11.6 Å². The van der Waals surface area contributed by atoms with Gasteiger partial charge in [-0.15, -0.1) is 0 Å². The van der Waals surface area contributed by atoms with Gasteiger partial charge in [0, 0.05) is 10.9 Å². The Balaban J connectivity index is 1.81.